The fourth-order valence-corrected chi connectivity index (χ4v) is 3.06. The molecule has 88 valence electrons. The number of aromatic nitrogens is 1. The minimum atomic E-state index is -3.51. The molecule has 4 nitrogen and oxygen atoms in total. The highest BCUT2D eigenvalue weighted by Crippen LogP contribution is 2.37. The monoisotopic (exact) mass is 260 g/mol. The lowest BCUT2D eigenvalue weighted by Crippen LogP contribution is -2.26. The number of pyridine rings is 1. The summed E-state index contributed by atoms with van der Waals surface area (Å²) in [5.74, 6) is 1.08. The van der Waals surface area contributed by atoms with Gasteiger partial charge in [-0.15, -0.1) is 0 Å². The highest BCUT2D eigenvalue weighted by molar-refractivity contribution is 7.89. The van der Waals surface area contributed by atoms with Gasteiger partial charge in [0.25, 0.3) is 0 Å². The van der Waals surface area contributed by atoms with Crippen LogP contribution in [-0.2, 0) is 10.0 Å². The summed E-state index contributed by atoms with van der Waals surface area (Å²) in [5, 5.41) is 0.200. The lowest BCUT2D eigenvalue weighted by atomic mass is 10.3. The Morgan fingerprint density at radius 1 is 1.62 bits per heavy atom. The topological polar surface area (TPSA) is 59.1 Å². The maximum absolute atomic E-state index is 11.9. The average molecular weight is 261 g/mol. The van der Waals surface area contributed by atoms with Gasteiger partial charge < -0.3 is 0 Å². The maximum Gasteiger partial charge on any atom is 0.243 e. The predicted octanol–water partition coefficient (Wildman–Crippen LogP) is 1.67. The van der Waals surface area contributed by atoms with Gasteiger partial charge in [0.15, 0.2) is 0 Å². The van der Waals surface area contributed by atoms with E-state index in [1.807, 2.05) is 0 Å². The maximum atomic E-state index is 11.9. The van der Waals surface area contributed by atoms with E-state index in [0.717, 1.165) is 6.42 Å². The van der Waals surface area contributed by atoms with E-state index >= 15 is 0 Å². The number of halogens is 1. The molecule has 1 N–H and O–H groups in total. The summed E-state index contributed by atoms with van der Waals surface area (Å²) in [6.45, 7) is 2.59. The normalized spacial score (nSPS) is 24.4. The summed E-state index contributed by atoms with van der Waals surface area (Å²) < 4.78 is 26.3. The fourth-order valence-electron chi connectivity index (χ4n) is 1.54. The van der Waals surface area contributed by atoms with Crippen molar-refractivity contribution in [2.75, 3.05) is 6.54 Å². The van der Waals surface area contributed by atoms with Crippen molar-refractivity contribution >= 4 is 21.6 Å². The van der Waals surface area contributed by atoms with E-state index in [0.29, 0.717) is 18.4 Å². The molecule has 1 fully saturated rings. The van der Waals surface area contributed by atoms with Crippen molar-refractivity contribution in [1.82, 2.24) is 9.71 Å². The SMILES string of the molecule is CC1CC1CNS(=O)(=O)c1cnccc1Cl. The molecule has 0 amide bonds. The Hall–Kier alpha value is -0.650. The summed E-state index contributed by atoms with van der Waals surface area (Å²) in [6.07, 6.45) is 3.81. The first kappa shape index (κ1) is 11.8. The molecule has 2 rings (SSSR count). The average Bonchev–Trinajstić information content (AvgIpc) is 2.92. The van der Waals surface area contributed by atoms with Crippen LogP contribution < -0.4 is 4.72 Å². The first-order chi connectivity index (χ1) is 7.50. The molecule has 0 saturated heterocycles. The number of sulfonamides is 1. The van der Waals surface area contributed by atoms with Gasteiger partial charge in [-0.3, -0.25) is 4.98 Å². The summed E-state index contributed by atoms with van der Waals surface area (Å²) in [6, 6.07) is 1.47. The number of nitrogens with one attached hydrogen (secondary N) is 1. The molecule has 2 unspecified atom stereocenters. The van der Waals surface area contributed by atoms with Crippen LogP contribution in [-0.4, -0.2) is 19.9 Å². The first-order valence-electron chi connectivity index (χ1n) is 5.10. The van der Waals surface area contributed by atoms with Gasteiger partial charge in [0.2, 0.25) is 10.0 Å². The second-order valence-corrected chi connectivity index (χ2v) is 6.27. The highest BCUT2D eigenvalue weighted by Gasteiger charge is 2.33. The van der Waals surface area contributed by atoms with Crippen molar-refractivity contribution in [3.63, 3.8) is 0 Å². The molecule has 0 aliphatic heterocycles. The fraction of sp³-hybridized carbons (Fsp3) is 0.500. The molecule has 1 saturated carbocycles. The Bertz CT molecular complexity index is 489. The predicted molar refractivity (Wildman–Crippen MR) is 61.7 cm³/mol. The summed E-state index contributed by atoms with van der Waals surface area (Å²) in [4.78, 5) is 3.81. The number of rotatable bonds is 4. The van der Waals surface area contributed by atoms with Crippen LogP contribution >= 0.6 is 11.6 Å². The third-order valence-electron chi connectivity index (χ3n) is 2.84. The Morgan fingerprint density at radius 3 is 2.88 bits per heavy atom. The van der Waals surface area contributed by atoms with Crippen molar-refractivity contribution in [3.8, 4) is 0 Å². The molecule has 0 spiro atoms. The summed E-state index contributed by atoms with van der Waals surface area (Å²) in [5.41, 5.74) is 0. The van der Waals surface area contributed by atoms with E-state index in [4.69, 9.17) is 11.6 Å². The van der Waals surface area contributed by atoms with E-state index in [1.165, 1.54) is 18.5 Å². The van der Waals surface area contributed by atoms with Crippen LogP contribution in [0.4, 0.5) is 0 Å². The zero-order valence-electron chi connectivity index (χ0n) is 8.85. The molecule has 1 aromatic rings. The van der Waals surface area contributed by atoms with Crippen LogP contribution in [0.2, 0.25) is 5.02 Å². The smallest absolute Gasteiger partial charge is 0.243 e. The van der Waals surface area contributed by atoms with Gasteiger partial charge in [-0.25, -0.2) is 13.1 Å². The first-order valence-corrected chi connectivity index (χ1v) is 6.96. The molecule has 0 bridgehead atoms. The Morgan fingerprint density at radius 2 is 2.31 bits per heavy atom. The zero-order valence-corrected chi connectivity index (χ0v) is 10.4. The molecular weight excluding hydrogens is 248 g/mol. The molecule has 1 aliphatic carbocycles. The van der Waals surface area contributed by atoms with Gasteiger partial charge in [-0.05, 0) is 24.3 Å². The second kappa shape index (κ2) is 4.31. The van der Waals surface area contributed by atoms with Crippen LogP contribution in [0.5, 0.6) is 0 Å². The van der Waals surface area contributed by atoms with E-state index in [9.17, 15) is 8.42 Å². The van der Waals surface area contributed by atoms with Crippen molar-refractivity contribution in [2.45, 2.75) is 18.2 Å². The summed E-state index contributed by atoms with van der Waals surface area (Å²) >= 11 is 5.81. The standard InChI is InChI=1S/C10H13ClN2O2S/c1-7-4-8(7)5-13-16(14,15)10-6-12-3-2-9(10)11/h2-3,6-8,13H,4-5H2,1H3. The Balaban J connectivity index is 2.10. The van der Waals surface area contributed by atoms with Gasteiger partial charge in [0, 0.05) is 18.9 Å². The largest absolute Gasteiger partial charge is 0.263 e. The minimum absolute atomic E-state index is 0.0463. The molecule has 0 aromatic carbocycles. The van der Waals surface area contributed by atoms with Crippen LogP contribution in [0.25, 0.3) is 0 Å². The Kier molecular flexibility index (Phi) is 3.19. The van der Waals surface area contributed by atoms with E-state index in [1.54, 1.807) is 0 Å². The van der Waals surface area contributed by atoms with E-state index < -0.39 is 10.0 Å². The lowest BCUT2D eigenvalue weighted by molar-refractivity contribution is 0.574. The van der Waals surface area contributed by atoms with Gasteiger partial charge in [0.05, 0.1) is 5.02 Å². The minimum Gasteiger partial charge on any atom is -0.263 e. The van der Waals surface area contributed by atoms with Gasteiger partial charge >= 0.3 is 0 Å². The molecular formula is C10H13ClN2O2S. The number of nitrogens with zero attached hydrogens (tertiary/aromatic N) is 1. The molecule has 1 aliphatic rings. The van der Waals surface area contributed by atoms with Gasteiger partial charge in [0.1, 0.15) is 4.90 Å². The number of hydrogen-bond acceptors (Lipinski definition) is 3. The van der Waals surface area contributed by atoms with Gasteiger partial charge in [-0.2, -0.15) is 0 Å². The third kappa shape index (κ3) is 2.53. The van der Waals surface area contributed by atoms with Crippen LogP contribution in [0, 0.1) is 11.8 Å². The molecule has 16 heavy (non-hydrogen) atoms. The molecule has 6 heteroatoms. The van der Waals surface area contributed by atoms with Gasteiger partial charge in [-0.1, -0.05) is 18.5 Å². The summed E-state index contributed by atoms with van der Waals surface area (Å²) in [7, 11) is -3.51. The molecule has 1 heterocycles. The van der Waals surface area contributed by atoms with Crippen molar-refractivity contribution in [3.05, 3.63) is 23.5 Å². The number of hydrogen-bond donors (Lipinski definition) is 1. The van der Waals surface area contributed by atoms with E-state index in [2.05, 4.69) is 16.6 Å². The lowest BCUT2D eigenvalue weighted by Gasteiger charge is -2.06. The molecule has 0 radical (unpaired) electrons. The quantitative estimate of drug-likeness (QED) is 0.896. The van der Waals surface area contributed by atoms with Crippen LogP contribution in [0.15, 0.2) is 23.4 Å². The molecule has 2 atom stereocenters. The Labute approximate surface area is 100 Å². The van der Waals surface area contributed by atoms with Crippen molar-refractivity contribution in [2.24, 2.45) is 11.8 Å². The van der Waals surface area contributed by atoms with Crippen LogP contribution in [0.1, 0.15) is 13.3 Å². The van der Waals surface area contributed by atoms with Crippen molar-refractivity contribution in [1.29, 1.82) is 0 Å². The zero-order chi connectivity index (χ0) is 11.8. The van der Waals surface area contributed by atoms with Crippen molar-refractivity contribution < 1.29 is 8.42 Å². The van der Waals surface area contributed by atoms with E-state index in [-0.39, 0.29) is 9.92 Å². The highest BCUT2D eigenvalue weighted by atomic mass is 35.5. The van der Waals surface area contributed by atoms with Crippen LogP contribution in [0.3, 0.4) is 0 Å². The third-order valence-corrected chi connectivity index (χ3v) is 4.73. The molecule has 1 aromatic heterocycles. The second-order valence-electron chi connectivity index (χ2n) is 4.13.